The van der Waals surface area contributed by atoms with Crippen molar-refractivity contribution in [2.75, 3.05) is 26.7 Å². The molecule has 0 spiro atoms. The fourth-order valence-corrected chi connectivity index (χ4v) is 3.80. The van der Waals surface area contributed by atoms with E-state index in [1.54, 1.807) is 7.05 Å². The first-order chi connectivity index (χ1) is 12.4. The van der Waals surface area contributed by atoms with Gasteiger partial charge in [0.15, 0.2) is 11.7 Å². The van der Waals surface area contributed by atoms with E-state index in [4.69, 9.17) is 0 Å². The molecule has 0 bridgehead atoms. The molecule has 1 unspecified atom stereocenters. The number of likely N-dealkylation sites (tertiary alicyclic amines) is 1. The molecule has 1 aromatic heterocycles. The Kier molecular flexibility index (Phi) is 10.9. The summed E-state index contributed by atoms with van der Waals surface area (Å²) < 4.78 is 37.8. The van der Waals surface area contributed by atoms with Gasteiger partial charge in [-0.2, -0.15) is 13.2 Å². The van der Waals surface area contributed by atoms with E-state index in [0.29, 0.717) is 17.0 Å². The Hall–Kier alpha value is -0.620. The Balaban J connectivity index is 0.00000364. The highest BCUT2D eigenvalue weighted by Gasteiger charge is 2.33. The molecular formula is C17H29F3IN5S. The van der Waals surface area contributed by atoms with E-state index in [9.17, 15) is 13.2 Å². The van der Waals surface area contributed by atoms with Crippen LogP contribution in [-0.4, -0.2) is 48.6 Å². The number of nitrogens with one attached hydrogen (secondary N) is 2. The summed E-state index contributed by atoms with van der Waals surface area (Å²) in [5, 5.41) is 7.79. The maximum Gasteiger partial charge on any atom is 0.434 e. The second-order valence-corrected chi connectivity index (χ2v) is 7.41. The normalized spacial score (nSPS) is 18.9. The van der Waals surface area contributed by atoms with Crippen molar-refractivity contribution < 1.29 is 13.2 Å². The maximum absolute atomic E-state index is 12.6. The Morgan fingerprint density at radius 3 is 2.78 bits per heavy atom. The number of aromatic nitrogens is 1. The maximum atomic E-state index is 12.6. The van der Waals surface area contributed by atoms with Crippen molar-refractivity contribution >= 4 is 41.3 Å². The van der Waals surface area contributed by atoms with Gasteiger partial charge in [-0.25, -0.2) is 4.98 Å². The van der Waals surface area contributed by atoms with Crippen molar-refractivity contribution in [3.63, 3.8) is 0 Å². The lowest BCUT2D eigenvalue weighted by atomic mass is 10.0. The van der Waals surface area contributed by atoms with Crippen LogP contribution in [0.1, 0.15) is 49.7 Å². The number of nitrogens with zero attached hydrogens (tertiary/aromatic N) is 3. The standard InChI is InChI=1S/C17H28F3N5S.HI/c1-3-4-8-25-9-6-5-7-13(25)10-22-16(21-2)23-11-15-24-14(12-26-15)17(18,19)20;/h12-13H,3-11H2,1-2H3,(H2,21,22,23);1H. The number of hydrogen-bond donors (Lipinski definition) is 2. The molecule has 2 rings (SSSR count). The summed E-state index contributed by atoms with van der Waals surface area (Å²) in [6, 6.07) is 0.477. The molecule has 1 atom stereocenters. The minimum Gasteiger partial charge on any atom is -0.355 e. The molecule has 0 aliphatic carbocycles. The van der Waals surface area contributed by atoms with E-state index in [0.717, 1.165) is 42.8 Å². The van der Waals surface area contributed by atoms with Crippen LogP contribution in [0.25, 0.3) is 0 Å². The van der Waals surface area contributed by atoms with Crippen molar-refractivity contribution in [3.8, 4) is 0 Å². The largest absolute Gasteiger partial charge is 0.434 e. The number of thiazole rings is 1. The Bertz CT molecular complexity index is 579. The summed E-state index contributed by atoms with van der Waals surface area (Å²) in [5.74, 6) is 0.592. The van der Waals surface area contributed by atoms with Gasteiger partial charge in [-0.3, -0.25) is 9.89 Å². The van der Waals surface area contributed by atoms with Crippen LogP contribution in [0, 0.1) is 0 Å². The molecular weight excluding hydrogens is 490 g/mol. The summed E-state index contributed by atoms with van der Waals surface area (Å²) >= 11 is 1.000. The van der Waals surface area contributed by atoms with Gasteiger partial charge in [-0.1, -0.05) is 19.8 Å². The van der Waals surface area contributed by atoms with Gasteiger partial charge in [0.2, 0.25) is 0 Å². The zero-order valence-corrected chi connectivity index (χ0v) is 19.0. The topological polar surface area (TPSA) is 52.5 Å². The van der Waals surface area contributed by atoms with Crippen molar-refractivity contribution in [1.29, 1.82) is 0 Å². The average molecular weight is 519 g/mol. The van der Waals surface area contributed by atoms with Crippen LogP contribution < -0.4 is 10.6 Å². The number of piperidine rings is 1. The predicted octanol–water partition coefficient (Wildman–Crippen LogP) is 4.10. The van der Waals surface area contributed by atoms with Crippen LogP contribution in [0.5, 0.6) is 0 Å². The van der Waals surface area contributed by atoms with Crippen LogP contribution in [0.4, 0.5) is 13.2 Å². The minimum absolute atomic E-state index is 0. The average Bonchev–Trinajstić information content (AvgIpc) is 3.10. The smallest absolute Gasteiger partial charge is 0.355 e. The number of hydrogen-bond acceptors (Lipinski definition) is 4. The summed E-state index contributed by atoms with van der Waals surface area (Å²) in [7, 11) is 1.66. The third kappa shape index (κ3) is 8.10. The van der Waals surface area contributed by atoms with Crippen LogP contribution in [0.3, 0.4) is 0 Å². The summed E-state index contributed by atoms with van der Waals surface area (Å²) in [6.45, 7) is 5.47. The third-order valence-corrected chi connectivity index (χ3v) is 5.37. The fraction of sp³-hybridized carbons (Fsp3) is 0.765. The Morgan fingerprint density at radius 1 is 1.37 bits per heavy atom. The molecule has 2 N–H and O–H groups in total. The third-order valence-electron chi connectivity index (χ3n) is 4.53. The zero-order chi connectivity index (χ0) is 19.0. The highest BCUT2D eigenvalue weighted by molar-refractivity contribution is 14.0. The number of aliphatic imine (C=N–C) groups is 1. The lowest BCUT2D eigenvalue weighted by Gasteiger charge is -2.36. The zero-order valence-electron chi connectivity index (χ0n) is 15.8. The number of halogens is 4. The number of alkyl halides is 3. The molecule has 0 amide bonds. The van der Waals surface area contributed by atoms with Gasteiger partial charge in [0, 0.05) is 25.0 Å². The molecule has 2 heterocycles. The predicted molar refractivity (Wildman–Crippen MR) is 115 cm³/mol. The van der Waals surface area contributed by atoms with Gasteiger partial charge >= 0.3 is 6.18 Å². The van der Waals surface area contributed by atoms with Gasteiger partial charge in [-0.05, 0) is 32.4 Å². The first-order valence-corrected chi connectivity index (χ1v) is 10.0. The quantitative estimate of drug-likeness (QED) is 0.324. The summed E-state index contributed by atoms with van der Waals surface area (Å²) in [6.07, 6.45) is 1.65. The minimum atomic E-state index is -4.39. The molecule has 1 saturated heterocycles. The van der Waals surface area contributed by atoms with E-state index >= 15 is 0 Å². The number of rotatable bonds is 7. The van der Waals surface area contributed by atoms with Gasteiger partial charge in [0.1, 0.15) is 5.01 Å². The van der Waals surface area contributed by atoms with E-state index in [2.05, 4.69) is 32.4 Å². The van der Waals surface area contributed by atoms with E-state index in [1.807, 2.05) is 0 Å². The second-order valence-electron chi connectivity index (χ2n) is 6.47. The monoisotopic (exact) mass is 519 g/mol. The number of guanidine groups is 1. The number of unbranched alkanes of at least 4 members (excludes halogenated alkanes) is 1. The molecule has 0 aromatic carbocycles. The molecule has 1 aromatic rings. The van der Waals surface area contributed by atoms with E-state index in [1.165, 1.54) is 25.7 Å². The van der Waals surface area contributed by atoms with Crippen molar-refractivity contribution in [3.05, 3.63) is 16.1 Å². The molecule has 0 radical (unpaired) electrons. The fourth-order valence-electron chi connectivity index (χ4n) is 3.06. The SMILES string of the molecule is CCCCN1CCCCC1CNC(=NC)NCc1nc(C(F)(F)F)cs1.I. The first-order valence-electron chi connectivity index (χ1n) is 9.14. The second kappa shape index (κ2) is 12.1. The highest BCUT2D eigenvalue weighted by atomic mass is 127. The molecule has 156 valence electrons. The first kappa shape index (κ1) is 24.4. The van der Waals surface area contributed by atoms with Crippen molar-refractivity contribution in [2.45, 2.75) is 57.8 Å². The molecule has 5 nitrogen and oxygen atoms in total. The molecule has 1 aliphatic heterocycles. The molecule has 27 heavy (non-hydrogen) atoms. The molecule has 10 heteroatoms. The van der Waals surface area contributed by atoms with Crippen LogP contribution in [0.2, 0.25) is 0 Å². The Labute approximate surface area is 180 Å². The van der Waals surface area contributed by atoms with Gasteiger partial charge < -0.3 is 10.6 Å². The Morgan fingerprint density at radius 2 is 2.15 bits per heavy atom. The molecule has 1 fully saturated rings. The summed E-state index contributed by atoms with van der Waals surface area (Å²) in [5.41, 5.74) is -0.837. The highest BCUT2D eigenvalue weighted by Crippen LogP contribution is 2.29. The lowest BCUT2D eigenvalue weighted by molar-refractivity contribution is -0.140. The van der Waals surface area contributed by atoms with Gasteiger partial charge in [-0.15, -0.1) is 35.3 Å². The van der Waals surface area contributed by atoms with Crippen molar-refractivity contribution in [2.24, 2.45) is 4.99 Å². The lowest BCUT2D eigenvalue weighted by Crippen LogP contribution is -2.49. The van der Waals surface area contributed by atoms with Crippen LogP contribution >= 0.6 is 35.3 Å². The van der Waals surface area contributed by atoms with Gasteiger partial charge in [0.25, 0.3) is 0 Å². The van der Waals surface area contributed by atoms with Crippen LogP contribution in [0.15, 0.2) is 10.4 Å². The van der Waals surface area contributed by atoms with E-state index in [-0.39, 0.29) is 30.5 Å². The van der Waals surface area contributed by atoms with E-state index < -0.39 is 11.9 Å². The molecule has 1 aliphatic rings. The van der Waals surface area contributed by atoms with Crippen molar-refractivity contribution in [1.82, 2.24) is 20.5 Å². The molecule has 0 saturated carbocycles. The summed E-state index contributed by atoms with van der Waals surface area (Å²) in [4.78, 5) is 10.3. The van der Waals surface area contributed by atoms with Crippen LogP contribution in [-0.2, 0) is 12.7 Å². The van der Waals surface area contributed by atoms with Gasteiger partial charge in [0.05, 0.1) is 6.54 Å².